The molecule has 1 heterocycles. The molecule has 0 aliphatic rings. The number of benzene rings is 1. The minimum absolute atomic E-state index is 0.182. The summed E-state index contributed by atoms with van der Waals surface area (Å²) in [4.78, 5) is 23.8. The molecule has 0 bridgehead atoms. The summed E-state index contributed by atoms with van der Waals surface area (Å²) in [7, 11) is 1.20. The predicted octanol–water partition coefficient (Wildman–Crippen LogP) is 2.98. The van der Waals surface area contributed by atoms with Crippen molar-refractivity contribution in [2.45, 2.75) is 25.2 Å². The molecule has 1 aromatic heterocycles. The summed E-state index contributed by atoms with van der Waals surface area (Å²) in [5.74, 6) is -1.20. The summed E-state index contributed by atoms with van der Waals surface area (Å²) in [6.45, 7) is -0.446. The fourth-order valence-corrected chi connectivity index (χ4v) is 2.50. The van der Waals surface area contributed by atoms with Crippen LogP contribution >= 0.6 is 11.6 Å². The number of hydrogen-bond acceptors (Lipinski definition) is 4. The molecule has 0 aliphatic carbocycles. The van der Waals surface area contributed by atoms with Gasteiger partial charge in [0.25, 0.3) is 0 Å². The molecule has 26 heavy (non-hydrogen) atoms. The van der Waals surface area contributed by atoms with Crippen LogP contribution in [0.25, 0.3) is 0 Å². The fraction of sp³-hybridized carbons (Fsp3) is 0.312. The standard InChI is InChI=1S/C16H15ClF3N3O3/c1-26-15(25)8-12(10-4-2-3-5-11(10)17)21-14(24)9-23-7-6-13(22-23)16(18,19)20/h2-7,12H,8-9H2,1H3,(H,21,24). The Labute approximate surface area is 151 Å². The lowest BCUT2D eigenvalue weighted by molar-refractivity contribution is -0.142. The highest BCUT2D eigenvalue weighted by Gasteiger charge is 2.33. The van der Waals surface area contributed by atoms with Gasteiger partial charge in [0.2, 0.25) is 5.91 Å². The van der Waals surface area contributed by atoms with Gasteiger partial charge in [0, 0.05) is 11.2 Å². The highest BCUT2D eigenvalue weighted by atomic mass is 35.5. The topological polar surface area (TPSA) is 73.2 Å². The monoisotopic (exact) mass is 389 g/mol. The van der Waals surface area contributed by atoms with Crippen LogP contribution in [-0.4, -0.2) is 28.8 Å². The Morgan fingerprint density at radius 2 is 2.00 bits per heavy atom. The molecule has 1 aromatic carbocycles. The van der Waals surface area contributed by atoms with Crippen LogP contribution in [0.5, 0.6) is 0 Å². The van der Waals surface area contributed by atoms with Crippen LogP contribution in [0, 0.1) is 0 Å². The second-order valence-electron chi connectivity index (χ2n) is 5.32. The Morgan fingerprint density at radius 1 is 1.31 bits per heavy atom. The molecule has 6 nitrogen and oxygen atoms in total. The number of amides is 1. The first-order chi connectivity index (χ1) is 12.2. The van der Waals surface area contributed by atoms with Crippen LogP contribution in [0.2, 0.25) is 5.02 Å². The Bertz CT molecular complexity index is 792. The Kier molecular flexibility index (Phi) is 6.25. The SMILES string of the molecule is COC(=O)CC(NC(=O)Cn1ccc(C(F)(F)F)n1)c1ccccc1Cl. The maximum absolute atomic E-state index is 12.6. The first kappa shape index (κ1) is 19.8. The van der Waals surface area contributed by atoms with Gasteiger partial charge in [-0.3, -0.25) is 14.3 Å². The van der Waals surface area contributed by atoms with Gasteiger partial charge in [-0.25, -0.2) is 0 Å². The molecule has 140 valence electrons. The van der Waals surface area contributed by atoms with E-state index in [-0.39, 0.29) is 6.42 Å². The van der Waals surface area contributed by atoms with E-state index >= 15 is 0 Å². The van der Waals surface area contributed by atoms with E-state index in [9.17, 15) is 22.8 Å². The van der Waals surface area contributed by atoms with Crippen molar-refractivity contribution in [2.24, 2.45) is 0 Å². The minimum Gasteiger partial charge on any atom is -0.469 e. The van der Waals surface area contributed by atoms with E-state index in [4.69, 9.17) is 11.6 Å². The molecule has 2 rings (SSSR count). The van der Waals surface area contributed by atoms with Crippen LogP contribution in [0.3, 0.4) is 0 Å². The van der Waals surface area contributed by atoms with Crippen molar-refractivity contribution in [3.8, 4) is 0 Å². The van der Waals surface area contributed by atoms with Gasteiger partial charge in [-0.05, 0) is 17.7 Å². The number of alkyl halides is 3. The highest BCUT2D eigenvalue weighted by molar-refractivity contribution is 6.31. The number of aromatic nitrogens is 2. The smallest absolute Gasteiger partial charge is 0.435 e. The molecular weight excluding hydrogens is 375 g/mol. The normalized spacial score (nSPS) is 12.5. The van der Waals surface area contributed by atoms with Crippen LogP contribution in [0.1, 0.15) is 23.7 Å². The number of hydrogen-bond donors (Lipinski definition) is 1. The van der Waals surface area contributed by atoms with E-state index in [1.807, 2.05) is 0 Å². The van der Waals surface area contributed by atoms with E-state index < -0.39 is 36.3 Å². The van der Waals surface area contributed by atoms with Gasteiger partial charge in [-0.2, -0.15) is 18.3 Å². The number of carbonyl (C=O) groups is 2. The zero-order valence-electron chi connectivity index (χ0n) is 13.6. The van der Waals surface area contributed by atoms with Gasteiger partial charge in [0.1, 0.15) is 6.54 Å². The number of nitrogens with one attached hydrogen (secondary N) is 1. The summed E-state index contributed by atoms with van der Waals surface area (Å²) in [5.41, 5.74) is -0.605. The lowest BCUT2D eigenvalue weighted by Crippen LogP contribution is -2.33. The maximum Gasteiger partial charge on any atom is 0.435 e. The molecule has 0 saturated heterocycles. The highest BCUT2D eigenvalue weighted by Crippen LogP contribution is 2.27. The third kappa shape index (κ3) is 5.22. The van der Waals surface area contributed by atoms with Crippen molar-refractivity contribution in [2.75, 3.05) is 7.11 Å². The van der Waals surface area contributed by atoms with Gasteiger partial charge < -0.3 is 10.1 Å². The van der Waals surface area contributed by atoms with Crippen molar-refractivity contribution in [1.29, 1.82) is 0 Å². The van der Waals surface area contributed by atoms with Crippen LogP contribution in [0.4, 0.5) is 13.2 Å². The molecule has 1 unspecified atom stereocenters. The molecule has 0 fully saturated rings. The number of rotatable bonds is 6. The van der Waals surface area contributed by atoms with Crippen molar-refractivity contribution in [1.82, 2.24) is 15.1 Å². The molecule has 0 radical (unpaired) electrons. The second kappa shape index (κ2) is 8.22. The number of methoxy groups -OCH3 is 1. The summed E-state index contributed by atoms with van der Waals surface area (Å²) >= 11 is 6.10. The quantitative estimate of drug-likeness (QED) is 0.771. The van der Waals surface area contributed by atoms with Crippen molar-refractivity contribution in [3.05, 3.63) is 52.8 Å². The predicted molar refractivity (Wildman–Crippen MR) is 86.2 cm³/mol. The summed E-state index contributed by atoms with van der Waals surface area (Å²) < 4.78 is 43.1. The third-order valence-corrected chi connectivity index (χ3v) is 3.80. The first-order valence-electron chi connectivity index (χ1n) is 7.42. The molecule has 2 aromatic rings. The lowest BCUT2D eigenvalue weighted by atomic mass is 10.0. The van der Waals surface area contributed by atoms with Crippen molar-refractivity contribution < 1.29 is 27.5 Å². The van der Waals surface area contributed by atoms with Crippen LogP contribution in [0.15, 0.2) is 36.5 Å². The van der Waals surface area contributed by atoms with E-state index in [1.54, 1.807) is 24.3 Å². The van der Waals surface area contributed by atoms with E-state index in [0.717, 1.165) is 16.9 Å². The summed E-state index contributed by atoms with van der Waals surface area (Å²) in [6, 6.07) is 6.57. The van der Waals surface area contributed by atoms with Gasteiger partial charge >= 0.3 is 12.1 Å². The van der Waals surface area contributed by atoms with Gasteiger partial charge in [0.15, 0.2) is 5.69 Å². The van der Waals surface area contributed by atoms with E-state index in [2.05, 4.69) is 15.2 Å². The summed E-state index contributed by atoms with van der Waals surface area (Å²) in [5, 5.41) is 6.21. The average Bonchev–Trinajstić information content (AvgIpc) is 3.03. The first-order valence-corrected chi connectivity index (χ1v) is 7.79. The molecular formula is C16H15ClF3N3O3. The molecule has 1 amide bonds. The third-order valence-electron chi connectivity index (χ3n) is 3.45. The molecule has 0 spiro atoms. The molecule has 0 saturated carbocycles. The number of carbonyl (C=O) groups excluding carboxylic acids is 2. The number of halogens is 4. The Hall–Kier alpha value is -2.55. The minimum atomic E-state index is -4.59. The number of esters is 1. The molecule has 10 heteroatoms. The van der Waals surface area contributed by atoms with Gasteiger partial charge in [0.05, 0.1) is 19.6 Å². The van der Waals surface area contributed by atoms with Gasteiger partial charge in [-0.15, -0.1) is 0 Å². The largest absolute Gasteiger partial charge is 0.469 e. The zero-order chi connectivity index (χ0) is 19.3. The Morgan fingerprint density at radius 3 is 2.58 bits per heavy atom. The van der Waals surface area contributed by atoms with E-state index in [0.29, 0.717) is 10.6 Å². The van der Waals surface area contributed by atoms with E-state index in [1.165, 1.54) is 7.11 Å². The molecule has 1 atom stereocenters. The van der Waals surface area contributed by atoms with Crippen molar-refractivity contribution in [3.63, 3.8) is 0 Å². The van der Waals surface area contributed by atoms with Crippen LogP contribution < -0.4 is 5.32 Å². The number of nitrogens with zero attached hydrogens (tertiary/aromatic N) is 2. The molecule has 1 N–H and O–H groups in total. The summed E-state index contributed by atoms with van der Waals surface area (Å²) in [6.07, 6.45) is -3.72. The second-order valence-corrected chi connectivity index (χ2v) is 5.73. The van der Waals surface area contributed by atoms with Gasteiger partial charge in [-0.1, -0.05) is 29.8 Å². The zero-order valence-corrected chi connectivity index (χ0v) is 14.3. The lowest BCUT2D eigenvalue weighted by Gasteiger charge is -2.19. The maximum atomic E-state index is 12.6. The van der Waals surface area contributed by atoms with Crippen LogP contribution in [-0.2, 0) is 27.0 Å². The number of ether oxygens (including phenoxy) is 1. The van der Waals surface area contributed by atoms with Crippen molar-refractivity contribution >= 4 is 23.5 Å². The molecule has 0 aliphatic heterocycles. The average molecular weight is 390 g/mol. The fourth-order valence-electron chi connectivity index (χ4n) is 2.23. The Balaban J connectivity index is 2.12.